The Balaban J connectivity index is 2.73. The summed E-state index contributed by atoms with van der Waals surface area (Å²) in [5, 5.41) is 4.47. The summed E-state index contributed by atoms with van der Waals surface area (Å²) in [4.78, 5) is 11.9. The van der Waals surface area contributed by atoms with E-state index < -0.39 is 5.97 Å². The van der Waals surface area contributed by atoms with Crippen molar-refractivity contribution in [2.24, 2.45) is 0 Å². The normalized spacial score (nSPS) is 11.0. The molecule has 5 heteroatoms. The Morgan fingerprint density at radius 2 is 2.00 bits per heavy atom. The topological polar surface area (TPSA) is 44.1 Å². The van der Waals surface area contributed by atoms with Gasteiger partial charge in [-0.3, -0.25) is 0 Å². The van der Waals surface area contributed by atoms with Gasteiger partial charge in [0, 0.05) is 0 Å². The van der Waals surface area contributed by atoms with Gasteiger partial charge in [-0.15, -0.1) is 0 Å². The number of hydrogen-bond acceptors (Lipinski definition) is 3. The summed E-state index contributed by atoms with van der Waals surface area (Å²) in [5.74, 6) is -0.224. The summed E-state index contributed by atoms with van der Waals surface area (Å²) in [6.45, 7) is 8.22. The Kier molecular flexibility index (Phi) is 4.52. The van der Waals surface area contributed by atoms with Crippen LogP contribution in [-0.4, -0.2) is 22.9 Å². The summed E-state index contributed by atoms with van der Waals surface area (Å²) in [7, 11) is 1.36. The van der Waals surface area contributed by atoms with Crippen LogP contribution in [0.2, 0.25) is 0 Å². The predicted octanol–water partition coefficient (Wildman–Crippen LogP) is 4.16. The van der Waals surface area contributed by atoms with Gasteiger partial charge in [0.05, 0.1) is 23.0 Å². The van der Waals surface area contributed by atoms with Crippen molar-refractivity contribution in [2.45, 2.75) is 33.6 Å². The lowest BCUT2D eigenvalue weighted by Gasteiger charge is -2.13. The van der Waals surface area contributed by atoms with Gasteiger partial charge in [-0.1, -0.05) is 26.0 Å². The molecule has 4 nitrogen and oxygen atoms in total. The van der Waals surface area contributed by atoms with Gasteiger partial charge < -0.3 is 4.74 Å². The Hall–Kier alpha value is -1.62. The number of hydrogen-bond donors (Lipinski definition) is 0. The van der Waals surface area contributed by atoms with Gasteiger partial charge in [0.15, 0.2) is 5.69 Å². The van der Waals surface area contributed by atoms with Crippen LogP contribution < -0.4 is 0 Å². The highest BCUT2D eigenvalue weighted by Gasteiger charge is 2.24. The van der Waals surface area contributed by atoms with Crippen LogP contribution in [-0.2, 0) is 4.74 Å². The molecule has 0 unspecified atom stereocenters. The number of carbonyl (C=O) groups is 1. The van der Waals surface area contributed by atoms with E-state index in [-0.39, 0.29) is 5.92 Å². The summed E-state index contributed by atoms with van der Waals surface area (Å²) in [6.07, 6.45) is 0. The lowest BCUT2D eigenvalue weighted by molar-refractivity contribution is 0.0592. The van der Waals surface area contributed by atoms with Crippen LogP contribution in [0.3, 0.4) is 0 Å². The van der Waals surface area contributed by atoms with Crippen molar-refractivity contribution in [1.29, 1.82) is 0 Å². The molecule has 0 fully saturated rings. The van der Waals surface area contributed by atoms with E-state index in [1.165, 1.54) is 7.11 Å². The second-order valence-corrected chi connectivity index (χ2v) is 6.19. The van der Waals surface area contributed by atoms with Crippen molar-refractivity contribution in [2.75, 3.05) is 7.11 Å². The van der Waals surface area contributed by atoms with Crippen LogP contribution >= 0.6 is 15.9 Å². The maximum Gasteiger partial charge on any atom is 0.359 e. The molecule has 0 N–H and O–H groups in total. The van der Waals surface area contributed by atoms with Crippen LogP contribution in [0.4, 0.5) is 0 Å². The number of halogens is 1. The summed E-state index contributed by atoms with van der Waals surface area (Å²) < 4.78 is 7.35. The standard InChI is InChI=1S/C16H19BrN2O2/c1-9(2)15-13(17)14(16(20)21-5)18-19(15)12-8-10(3)6-7-11(12)4/h6-9H,1-5H3. The summed E-state index contributed by atoms with van der Waals surface area (Å²) in [5.41, 5.74) is 4.51. The molecular weight excluding hydrogens is 332 g/mol. The maximum atomic E-state index is 11.9. The number of benzene rings is 1. The van der Waals surface area contributed by atoms with Gasteiger partial charge in [0.1, 0.15) is 0 Å². The number of aryl methyl sites for hydroxylation is 2. The molecule has 0 amide bonds. The molecule has 0 radical (unpaired) electrons. The fourth-order valence-corrected chi connectivity index (χ4v) is 3.14. The number of nitrogens with zero attached hydrogens (tertiary/aromatic N) is 2. The Morgan fingerprint density at radius 3 is 2.57 bits per heavy atom. The molecule has 2 rings (SSSR count). The molecule has 0 aliphatic carbocycles. The number of esters is 1. The Morgan fingerprint density at radius 1 is 1.33 bits per heavy atom. The van der Waals surface area contributed by atoms with Gasteiger partial charge >= 0.3 is 5.97 Å². The molecule has 1 aromatic heterocycles. The molecular formula is C16H19BrN2O2. The van der Waals surface area contributed by atoms with Crippen LogP contribution in [0, 0.1) is 13.8 Å². The van der Waals surface area contributed by atoms with Crippen LogP contribution in [0.25, 0.3) is 5.69 Å². The molecule has 112 valence electrons. The SMILES string of the molecule is COC(=O)c1nn(-c2cc(C)ccc2C)c(C(C)C)c1Br. The first-order chi connectivity index (χ1) is 9.86. The second-order valence-electron chi connectivity index (χ2n) is 5.40. The van der Waals surface area contributed by atoms with Crippen molar-refractivity contribution in [3.63, 3.8) is 0 Å². The first-order valence-electron chi connectivity index (χ1n) is 6.81. The van der Waals surface area contributed by atoms with Crippen molar-refractivity contribution in [3.8, 4) is 5.69 Å². The van der Waals surface area contributed by atoms with E-state index in [1.807, 2.05) is 18.5 Å². The number of aromatic nitrogens is 2. The fraction of sp³-hybridized carbons (Fsp3) is 0.375. The number of carbonyl (C=O) groups excluding carboxylic acids is 1. The highest BCUT2D eigenvalue weighted by molar-refractivity contribution is 9.10. The summed E-state index contributed by atoms with van der Waals surface area (Å²) >= 11 is 3.50. The molecule has 0 spiro atoms. The minimum Gasteiger partial charge on any atom is -0.464 e. The average Bonchev–Trinajstić information content (AvgIpc) is 2.78. The molecule has 0 bridgehead atoms. The smallest absolute Gasteiger partial charge is 0.359 e. The van der Waals surface area contributed by atoms with E-state index in [2.05, 4.69) is 53.1 Å². The maximum absolute atomic E-state index is 11.9. The van der Waals surface area contributed by atoms with E-state index in [4.69, 9.17) is 4.74 Å². The largest absolute Gasteiger partial charge is 0.464 e. The third kappa shape index (κ3) is 2.88. The van der Waals surface area contributed by atoms with Crippen LogP contribution in [0.15, 0.2) is 22.7 Å². The van der Waals surface area contributed by atoms with Gasteiger partial charge in [-0.25, -0.2) is 9.48 Å². The molecule has 2 aromatic rings. The minimum atomic E-state index is -0.437. The number of methoxy groups -OCH3 is 1. The van der Waals surface area contributed by atoms with Gasteiger partial charge in [0.25, 0.3) is 0 Å². The van der Waals surface area contributed by atoms with Crippen molar-refractivity contribution in [1.82, 2.24) is 9.78 Å². The zero-order valence-corrected chi connectivity index (χ0v) is 14.5. The molecule has 0 aliphatic heterocycles. The highest BCUT2D eigenvalue weighted by atomic mass is 79.9. The van der Waals surface area contributed by atoms with Crippen molar-refractivity contribution in [3.05, 3.63) is 45.2 Å². The monoisotopic (exact) mass is 350 g/mol. The zero-order chi connectivity index (χ0) is 15.7. The van der Waals surface area contributed by atoms with Crippen molar-refractivity contribution >= 4 is 21.9 Å². The van der Waals surface area contributed by atoms with Crippen molar-refractivity contribution < 1.29 is 9.53 Å². The minimum absolute atomic E-state index is 0.213. The van der Waals surface area contributed by atoms with Gasteiger partial charge in [-0.2, -0.15) is 5.10 Å². The first-order valence-corrected chi connectivity index (χ1v) is 7.60. The predicted molar refractivity (Wildman–Crippen MR) is 86.2 cm³/mol. The first kappa shape index (κ1) is 15.8. The lowest BCUT2D eigenvalue weighted by Crippen LogP contribution is -2.07. The van der Waals surface area contributed by atoms with E-state index >= 15 is 0 Å². The molecule has 0 saturated carbocycles. The van der Waals surface area contributed by atoms with E-state index in [0.29, 0.717) is 10.2 Å². The third-order valence-electron chi connectivity index (χ3n) is 3.38. The lowest BCUT2D eigenvalue weighted by atomic mass is 10.1. The van der Waals surface area contributed by atoms with Crippen LogP contribution in [0.1, 0.15) is 47.1 Å². The quantitative estimate of drug-likeness (QED) is 0.780. The summed E-state index contributed by atoms with van der Waals surface area (Å²) in [6, 6.07) is 6.19. The van der Waals surface area contributed by atoms with E-state index in [9.17, 15) is 4.79 Å². The molecule has 0 aliphatic rings. The number of rotatable bonds is 3. The van der Waals surface area contributed by atoms with Gasteiger partial charge in [-0.05, 0) is 52.9 Å². The molecule has 21 heavy (non-hydrogen) atoms. The Labute approximate surface area is 133 Å². The second kappa shape index (κ2) is 6.02. The molecule has 0 atom stereocenters. The molecule has 1 heterocycles. The molecule has 0 saturated heterocycles. The zero-order valence-electron chi connectivity index (χ0n) is 12.9. The van der Waals surface area contributed by atoms with Gasteiger partial charge in [0.2, 0.25) is 0 Å². The van der Waals surface area contributed by atoms with Crippen LogP contribution in [0.5, 0.6) is 0 Å². The third-order valence-corrected chi connectivity index (χ3v) is 4.16. The van der Waals surface area contributed by atoms with E-state index in [1.54, 1.807) is 0 Å². The average molecular weight is 351 g/mol. The number of ether oxygens (including phenoxy) is 1. The molecule has 1 aromatic carbocycles. The fourth-order valence-electron chi connectivity index (χ4n) is 2.27. The van der Waals surface area contributed by atoms with E-state index in [0.717, 1.165) is 22.5 Å². The Bertz CT molecular complexity index is 690. The highest BCUT2D eigenvalue weighted by Crippen LogP contribution is 2.31.